The molecule has 1 saturated heterocycles. The molecule has 2 aromatic carbocycles. The Kier molecular flexibility index (Phi) is 4.67. The molecule has 4 nitrogen and oxygen atoms in total. The average Bonchev–Trinajstić information content (AvgIpc) is 2.57. The minimum Gasteiger partial charge on any atom is -0.299 e. The highest BCUT2D eigenvalue weighted by Gasteiger charge is 2.31. The van der Waals surface area contributed by atoms with Gasteiger partial charge in [0.1, 0.15) is 17.4 Å². The summed E-state index contributed by atoms with van der Waals surface area (Å²) in [6, 6.07) is 10.4. The molecule has 0 amide bonds. The maximum atomic E-state index is 13.9. The van der Waals surface area contributed by atoms with Crippen LogP contribution >= 0.6 is 0 Å². The summed E-state index contributed by atoms with van der Waals surface area (Å²) in [5.74, 6) is -1.17. The molecular formula is C18H15F2NO3S. The Balaban J connectivity index is 2.04. The van der Waals surface area contributed by atoms with Gasteiger partial charge in [0.2, 0.25) is 0 Å². The van der Waals surface area contributed by atoms with Gasteiger partial charge in [0, 0.05) is 30.6 Å². The molecule has 0 radical (unpaired) electrons. The third-order valence-corrected chi connectivity index (χ3v) is 5.79. The highest BCUT2D eigenvalue weighted by Crippen LogP contribution is 2.28. The summed E-state index contributed by atoms with van der Waals surface area (Å²) in [7, 11) is -3.96. The zero-order valence-corrected chi connectivity index (χ0v) is 14.0. The Morgan fingerprint density at radius 1 is 1.00 bits per heavy atom. The van der Waals surface area contributed by atoms with Gasteiger partial charge in [-0.1, -0.05) is 18.2 Å². The van der Waals surface area contributed by atoms with Crippen molar-refractivity contribution in [2.24, 2.45) is 0 Å². The van der Waals surface area contributed by atoms with Crippen LogP contribution in [-0.4, -0.2) is 25.1 Å². The van der Waals surface area contributed by atoms with Gasteiger partial charge in [0.05, 0.1) is 4.90 Å². The lowest BCUT2D eigenvalue weighted by molar-refractivity contribution is -0.119. The van der Waals surface area contributed by atoms with E-state index >= 15 is 0 Å². The number of sulfonamides is 1. The van der Waals surface area contributed by atoms with Gasteiger partial charge in [-0.15, -0.1) is 0 Å². The van der Waals surface area contributed by atoms with Gasteiger partial charge in [-0.25, -0.2) is 17.2 Å². The summed E-state index contributed by atoms with van der Waals surface area (Å²) >= 11 is 0. The standard InChI is InChI=1S/C18H15F2NO3S/c19-14-5-7-17(8-6-14)25(23,24)21-10-9-16(22)12-15(21)11-13-3-1-2-4-18(13)20/h1-8,11H,9-10,12H2. The molecule has 0 aromatic heterocycles. The number of rotatable bonds is 3. The molecule has 0 spiro atoms. The van der Waals surface area contributed by atoms with Gasteiger partial charge in [-0.2, -0.15) is 0 Å². The Hall–Kier alpha value is -2.54. The number of benzene rings is 2. The third kappa shape index (κ3) is 3.61. The van der Waals surface area contributed by atoms with Gasteiger partial charge in [0.15, 0.2) is 0 Å². The molecule has 0 aliphatic carbocycles. The van der Waals surface area contributed by atoms with Crippen LogP contribution in [0.2, 0.25) is 0 Å². The zero-order chi connectivity index (χ0) is 18.0. The largest absolute Gasteiger partial charge is 0.299 e. The van der Waals surface area contributed by atoms with Gasteiger partial charge < -0.3 is 0 Å². The number of nitrogens with zero attached hydrogens (tertiary/aromatic N) is 1. The van der Waals surface area contributed by atoms with E-state index in [1.54, 1.807) is 6.07 Å². The summed E-state index contributed by atoms with van der Waals surface area (Å²) in [5, 5.41) is 0. The number of ketones is 1. The number of allylic oxidation sites excluding steroid dienone is 1. The fourth-order valence-electron chi connectivity index (χ4n) is 2.65. The van der Waals surface area contributed by atoms with Gasteiger partial charge in [-0.3, -0.25) is 9.10 Å². The van der Waals surface area contributed by atoms with Crippen LogP contribution in [0, 0.1) is 11.6 Å². The minimum atomic E-state index is -3.96. The average molecular weight is 363 g/mol. The van der Waals surface area contributed by atoms with E-state index in [1.807, 2.05) is 0 Å². The van der Waals surface area contributed by atoms with Crippen LogP contribution in [0.1, 0.15) is 18.4 Å². The molecule has 0 atom stereocenters. The second-order valence-corrected chi connectivity index (χ2v) is 7.52. The second kappa shape index (κ2) is 6.76. The molecule has 1 heterocycles. The van der Waals surface area contributed by atoms with E-state index in [9.17, 15) is 22.0 Å². The number of carbonyl (C=O) groups is 1. The molecule has 25 heavy (non-hydrogen) atoms. The summed E-state index contributed by atoms with van der Waals surface area (Å²) < 4.78 is 53.8. The van der Waals surface area contributed by atoms with Crippen molar-refractivity contribution in [3.63, 3.8) is 0 Å². The summed E-state index contributed by atoms with van der Waals surface area (Å²) in [4.78, 5) is 11.7. The zero-order valence-electron chi connectivity index (χ0n) is 13.2. The SMILES string of the molecule is O=C1CCN(S(=O)(=O)c2ccc(F)cc2)C(=Cc2ccccc2F)C1. The first-order chi connectivity index (χ1) is 11.9. The van der Waals surface area contributed by atoms with Gasteiger partial charge in [0.25, 0.3) is 10.0 Å². The molecular weight excluding hydrogens is 348 g/mol. The molecule has 0 saturated carbocycles. The first-order valence-corrected chi connectivity index (χ1v) is 9.07. The lowest BCUT2D eigenvalue weighted by Gasteiger charge is -2.30. The van der Waals surface area contributed by atoms with Crippen LogP contribution in [0.4, 0.5) is 8.78 Å². The topological polar surface area (TPSA) is 54.5 Å². The van der Waals surface area contributed by atoms with Crippen LogP contribution < -0.4 is 0 Å². The molecule has 0 N–H and O–H groups in total. The van der Waals surface area contributed by atoms with E-state index in [0.717, 1.165) is 16.4 Å². The normalized spacial score (nSPS) is 17.1. The molecule has 7 heteroatoms. The van der Waals surface area contributed by atoms with Gasteiger partial charge >= 0.3 is 0 Å². The number of piperidine rings is 1. The first-order valence-electron chi connectivity index (χ1n) is 7.63. The van der Waals surface area contributed by atoms with E-state index in [1.165, 1.54) is 36.4 Å². The molecule has 0 unspecified atom stereocenters. The van der Waals surface area contributed by atoms with Crippen LogP contribution in [0.15, 0.2) is 59.1 Å². The van der Waals surface area contributed by atoms with Crippen molar-refractivity contribution in [1.29, 1.82) is 0 Å². The van der Waals surface area contributed by atoms with Crippen molar-refractivity contribution in [2.75, 3.05) is 6.54 Å². The van der Waals surface area contributed by atoms with E-state index < -0.39 is 21.7 Å². The number of hydrogen-bond donors (Lipinski definition) is 0. The monoisotopic (exact) mass is 363 g/mol. The Morgan fingerprint density at radius 2 is 1.68 bits per heavy atom. The van der Waals surface area contributed by atoms with Crippen molar-refractivity contribution >= 4 is 21.9 Å². The van der Waals surface area contributed by atoms with E-state index in [0.29, 0.717) is 0 Å². The molecule has 130 valence electrons. The number of halogens is 2. The number of carbonyl (C=O) groups excluding carboxylic acids is 1. The number of hydrogen-bond acceptors (Lipinski definition) is 3. The van der Waals surface area contributed by atoms with Gasteiger partial charge in [-0.05, 0) is 36.4 Å². The predicted molar refractivity (Wildman–Crippen MR) is 88.9 cm³/mol. The molecule has 2 aromatic rings. The lowest BCUT2D eigenvalue weighted by Crippen LogP contribution is -2.37. The first kappa shape index (κ1) is 17.3. The van der Waals surface area contributed by atoms with E-state index in [4.69, 9.17) is 0 Å². The van der Waals surface area contributed by atoms with Crippen LogP contribution in [0.25, 0.3) is 6.08 Å². The Morgan fingerprint density at radius 3 is 2.36 bits per heavy atom. The molecule has 1 aliphatic rings. The number of Topliss-reactive ketones (excluding diaryl/α,β-unsaturated/α-hetero) is 1. The van der Waals surface area contributed by atoms with Crippen LogP contribution in [-0.2, 0) is 14.8 Å². The van der Waals surface area contributed by atoms with Crippen LogP contribution in [0.5, 0.6) is 0 Å². The Bertz CT molecular complexity index is 937. The fourth-order valence-corrected chi connectivity index (χ4v) is 4.14. The smallest absolute Gasteiger partial charge is 0.264 e. The van der Waals surface area contributed by atoms with Crippen LogP contribution in [0.3, 0.4) is 0 Å². The van der Waals surface area contributed by atoms with Crippen molar-refractivity contribution in [2.45, 2.75) is 17.7 Å². The van der Waals surface area contributed by atoms with Crippen molar-refractivity contribution in [3.05, 3.63) is 71.4 Å². The van der Waals surface area contributed by atoms with E-state index in [-0.39, 0.29) is 41.3 Å². The minimum absolute atomic E-state index is 0.0289. The lowest BCUT2D eigenvalue weighted by atomic mass is 10.1. The van der Waals surface area contributed by atoms with Crippen molar-refractivity contribution in [1.82, 2.24) is 4.31 Å². The van der Waals surface area contributed by atoms with Crippen molar-refractivity contribution in [3.8, 4) is 0 Å². The highest BCUT2D eigenvalue weighted by atomic mass is 32.2. The predicted octanol–water partition coefficient (Wildman–Crippen LogP) is 3.36. The summed E-state index contributed by atoms with van der Waals surface area (Å²) in [6.45, 7) is -0.0289. The fraction of sp³-hybridized carbons (Fsp3) is 0.167. The molecule has 0 bridgehead atoms. The van der Waals surface area contributed by atoms with Crippen molar-refractivity contribution < 1.29 is 22.0 Å². The summed E-state index contributed by atoms with van der Waals surface area (Å²) in [6.07, 6.45) is 1.34. The second-order valence-electron chi connectivity index (χ2n) is 5.65. The third-order valence-electron chi connectivity index (χ3n) is 3.92. The maximum Gasteiger partial charge on any atom is 0.264 e. The quantitative estimate of drug-likeness (QED) is 0.840. The molecule has 1 fully saturated rings. The van der Waals surface area contributed by atoms with E-state index in [2.05, 4.69) is 0 Å². The maximum absolute atomic E-state index is 13.9. The highest BCUT2D eigenvalue weighted by molar-refractivity contribution is 7.89. The summed E-state index contributed by atoms with van der Waals surface area (Å²) in [5.41, 5.74) is 0.400. The molecule has 1 aliphatic heterocycles. The molecule has 3 rings (SSSR count). The Labute approximate surface area is 144 Å².